The Labute approximate surface area is 161 Å². The summed E-state index contributed by atoms with van der Waals surface area (Å²) in [5.74, 6) is -0.971. The summed E-state index contributed by atoms with van der Waals surface area (Å²) < 4.78 is 14.1. The summed E-state index contributed by atoms with van der Waals surface area (Å²) in [5, 5.41) is 0.958. The van der Waals surface area contributed by atoms with Crippen molar-refractivity contribution in [2.75, 3.05) is 0 Å². The fourth-order valence-corrected chi connectivity index (χ4v) is 3.21. The summed E-state index contributed by atoms with van der Waals surface area (Å²) in [4.78, 5) is 18.6. The molecule has 0 aliphatic heterocycles. The average Bonchev–Trinajstić information content (AvgIpc) is 2.61. The monoisotopic (exact) mass is 388 g/mol. The molecule has 3 rings (SSSR count). The number of halogens is 3. The lowest BCUT2D eigenvalue weighted by Gasteiger charge is -2.23. The second kappa shape index (κ2) is 8.30. The minimum atomic E-state index is -0.558. The van der Waals surface area contributed by atoms with Crippen molar-refractivity contribution < 1.29 is 9.18 Å². The van der Waals surface area contributed by atoms with Crippen molar-refractivity contribution in [2.24, 2.45) is 0 Å². The molecule has 3 aromatic rings. The number of aromatic nitrogens is 1. The Hall–Kier alpha value is -2.43. The van der Waals surface area contributed by atoms with E-state index in [9.17, 15) is 9.18 Å². The second-order valence-electron chi connectivity index (χ2n) is 5.78. The number of nitrogens with zero attached hydrogens (tertiary/aromatic N) is 2. The molecule has 2 aromatic carbocycles. The second-order valence-corrected chi connectivity index (χ2v) is 6.65. The summed E-state index contributed by atoms with van der Waals surface area (Å²) in [7, 11) is 0. The van der Waals surface area contributed by atoms with Crippen LogP contribution in [0.3, 0.4) is 0 Å². The molecule has 0 N–H and O–H groups in total. The van der Waals surface area contributed by atoms with Crippen molar-refractivity contribution in [2.45, 2.75) is 13.1 Å². The third-order valence-electron chi connectivity index (χ3n) is 3.78. The van der Waals surface area contributed by atoms with Gasteiger partial charge in [-0.15, -0.1) is 0 Å². The molecule has 0 spiro atoms. The lowest BCUT2D eigenvalue weighted by molar-refractivity contribution is 0.0725. The number of carbonyl (C=O) groups is 1. The van der Waals surface area contributed by atoms with Gasteiger partial charge in [-0.25, -0.2) is 4.39 Å². The van der Waals surface area contributed by atoms with Gasteiger partial charge >= 0.3 is 0 Å². The van der Waals surface area contributed by atoms with E-state index in [-0.39, 0.29) is 18.7 Å². The smallest absolute Gasteiger partial charge is 0.257 e. The highest BCUT2D eigenvalue weighted by atomic mass is 35.5. The zero-order valence-electron chi connectivity index (χ0n) is 13.7. The first-order valence-electron chi connectivity index (χ1n) is 7.90. The molecule has 1 heterocycles. The van der Waals surface area contributed by atoms with Crippen LogP contribution in [0.4, 0.5) is 4.39 Å². The molecule has 0 radical (unpaired) electrons. The van der Waals surface area contributed by atoms with Crippen molar-refractivity contribution >= 4 is 29.1 Å². The minimum Gasteiger partial charge on any atom is -0.330 e. The van der Waals surface area contributed by atoms with E-state index < -0.39 is 11.7 Å². The van der Waals surface area contributed by atoms with Gasteiger partial charge in [0.2, 0.25) is 0 Å². The molecule has 132 valence electrons. The molecule has 0 unspecified atom stereocenters. The van der Waals surface area contributed by atoms with Crippen LogP contribution in [0.25, 0.3) is 0 Å². The predicted molar refractivity (Wildman–Crippen MR) is 101 cm³/mol. The molecule has 6 heteroatoms. The van der Waals surface area contributed by atoms with Crippen LogP contribution in [0.15, 0.2) is 67.0 Å². The van der Waals surface area contributed by atoms with Crippen molar-refractivity contribution in [3.8, 4) is 0 Å². The maximum atomic E-state index is 14.1. The molecule has 0 atom stereocenters. The summed E-state index contributed by atoms with van der Waals surface area (Å²) in [5.41, 5.74) is 1.62. The number of pyridine rings is 1. The Bertz CT molecular complexity index is 898. The van der Waals surface area contributed by atoms with E-state index in [0.29, 0.717) is 10.0 Å². The van der Waals surface area contributed by atoms with Gasteiger partial charge < -0.3 is 4.90 Å². The Kier molecular flexibility index (Phi) is 5.86. The first kappa shape index (κ1) is 18.4. The molecule has 0 saturated heterocycles. The molecular formula is C20H15Cl2FN2O. The molecule has 3 nitrogen and oxygen atoms in total. The van der Waals surface area contributed by atoms with E-state index >= 15 is 0 Å². The van der Waals surface area contributed by atoms with Gasteiger partial charge in [0.15, 0.2) is 0 Å². The van der Waals surface area contributed by atoms with Crippen LogP contribution < -0.4 is 0 Å². The van der Waals surface area contributed by atoms with Gasteiger partial charge in [-0.3, -0.25) is 9.78 Å². The number of carbonyl (C=O) groups excluding carboxylic acids is 1. The first-order chi connectivity index (χ1) is 12.5. The highest BCUT2D eigenvalue weighted by molar-refractivity contribution is 6.34. The standard InChI is InChI=1S/C20H15Cl2FN2O/c21-16-8-15(9-17(22)10-16)13-25(12-14-4-3-7-24-11-14)20(26)18-5-1-2-6-19(18)23/h1-11H,12-13H2. The zero-order valence-corrected chi connectivity index (χ0v) is 15.2. The predicted octanol–water partition coefficient (Wildman–Crippen LogP) is 5.37. The average molecular weight is 389 g/mol. The van der Waals surface area contributed by atoms with E-state index in [4.69, 9.17) is 23.2 Å². The van der Waals surface area contributed by atoms with Crippen LogP contribution in [-0.2, 0) is 13.1 Å². The maximum absolute atomic E-state index is 14.1. The first-order valence-corrected chi connectivity index (χ1v) is 8.66. The molecule has 0 fully saturated rings. The van der Waals surface area contributed by atoms with Crippen LogP contribution in [0.1, 0.15) is 21.5 Å². The largest absolute Gasteiger partial charge is 0.330 e. The summed E-state index contributed by atoms with van der Waals surface area (Å²) >= 11 is 12.1. The van der Waals surface area contributed by atoms with Gasteiger partial charge in [0.1, 0.15) is 5.82 Å². The fourth-order valence-electron chi connectivity index (χ4n) is 2.64. The zero-order chi connectivity index (χ0) is 18.5. The van der Waals surface area contributed by atoms with E-state index in [1.54, 1.807) is 48.8 Å². The summed E-state index contributed by atoms with van der Waals surface area (Å²) in [6.07, 6.45) is 3.33. The van der Waals surface area contributed by atoms with Gasteiger partial charge in [0.25, 0.3) is 5.91 Å². The molecule has 1 aromatic heterocycles. The lowest BCUT2D eigenvalue weighted by atomic mass is 10.1. The summed E-state index contributed by atoms with van der Waals surface area (Å²) in [6.45, 7) is 0.521. The molecule has 26 heavy (non-hydrogen) atoms. The number of hydrogen-bond acceptors (Lipinski definition) is 2. The Balaban J connectivity index is 1.93. The lowest BCUT2D eigenvalue weighted by Crippen LogP contribution is -2.30. The van der Waals surface area contributed by atoms with Crippen LogP contribution >= 0.6 is 23.2 Å². The third-order valence-corrected chi connectivity index (χ3v) is 4.22. The van der Waals surface area contributed by atoms with Gasteiger partial charge in [0.05, 0.1) is 5.56 Å². The third kappa shape index (κ3) is 4.59. The van der Waals surface area contributed by atoms with Crippen LogP contribution in [-0.4, -0.2) is 15.8 Å². The molecule has 0 bridgehead atoms. The van der Waals surface area contributed by atoms with E-state index in [1.807, 2.05) is 6.07 Å². The number of benzene rings is 2. The number of rotatable bonds is 5. The van der Waals surface area contributed by atoms with E-state index in [1.165, 1.54) is 17.0 Å². The van der Waals surface area contributed by atoms with Crippen LogP contribution in [0, 0.1) is 5.82 Å². The molecular weight excluding hydrogens is 374 g/mol. The SMILES string of the molecule is O=C(c1ccccc1F)N(Cc1cccnc1)Cc1cc(Cl)cc(Cl)c1. The van der Waals surface area contributed by atoms with Crippen molar-refractivity contribution in [1.82, 2.24) is 9.88 Å². The number of hydrogen-bond donors (Lipinski definition) is 0. The highest BCUT2D eigenvalue weighted by Crippen LogP contribution is 2.22. The number of amides is 1. The Morgan fingerprint density at radius 1 is 0.962 bits per heavy atom. The van der Waals surface area contributed by atoms with Gasteiger partial charge in [-0.1, -0.05) is 41.4 Å². The van der Waals surface area contributed by atoms with Crippen LogP contribution in [0.2, 0.25) is 10.0 Å². The minimum absolute atomic E-state index is 0.0181. The summed E-state index contributed by atoms with van der Waals surface area (Å²) in [6, 6.07) is 14.7. The maximum Gasteiger partial charge on any atom is 0.257 e. The normalized spacial score (nSPS) is 10.6. The highest BCUT2D eigenvalue weighted by Gasteiger charge is 2.20. The molecule has 0 aliphatic rings. The topological polar surface area (TPSA) is 33.2 Å². The van der Waals surface area contributed by atoms with E-state index in [0.717, 1.165) is 11.1 Å². The quantitative estimate of drug-likeness (QED) is 0.588. The van der Waals surface area contributed by atoms with Crippen molar-refractivity contribution in [1.29, 1.82) is 0 Å². The van der Waals surface area contributed by atoms with Crippen molar-refractivity contribution in [3.05, 3.63) is 99.5 Å². The van der Waals surface area contributed by atoms with Crippen molar-refractivity contribution in [3.63, 3.8) is 0 Å². The molecule has 0 saturated carbocycles. The Morgan fingerprint density at radius 2 is 1.65 bits per heavy atom. The van der Waals surface area contributed by atoms with Gasteiger partial charge in [-0.2, -0.15) is 0 Å². The Morgan fingerprint density at radius 3 is 2.31 bits per heavy atom. The van der Waals surface area contributed by atoms with Gasteiger partial charge in [0, 0.05) is 35.5 Å². The van der Waals surface area contributed by atoms with E-state index in [2.05, 4.69) is 4.98 Å². The fraction of sp³-hybridized carbons (Fsp3) is 0.100. The van der Waals surface area contributed by atoms with Gasteiger partial charge in [-0.05, 0) is 47.5 Å². The molecule has 1 amide bonds. The molecule has 0 aliphatic carbocycles. The van der Waals surface area contributed by atoms with Crippen LogP contribution in [0.5, 0.6) is 0 Å².